The Labute approximate surface area is 358 Å². The highest BCUT2D eigenvalue weighted by Gasteiger charge is 2.51. The van der Waals surface area contributed by atoms with Crippen molar-refractivity contribution in [3.8, 4) is 0 Å². The number of ether oxygens (including phenoxy) is 7. The number of allylic oxidation sites excluding steroid dienone is 2. The van der Waals surface area contributed by atoms with Gasteiger partial charge in [-0.2, -0.15) is 0 Å². The molecule has 4 heterocycles. The van der Waals surface area contributed by atoms with E-state index in [1.807, 2.05) is 53.9 Å². The normalized spacial score (nSPS) is 47.0. The molecule has 15 heteroatoms. The van der Waals surface area contributed by atoms with Gasteiger partial charge in [-0.05, 0) is 94.4 Å². The standard InChI is InChI=1S/C45H78N2O13/c1-14-34-25(3)19-24(2)15-17-35(58-37-18-16-32(46(10)11)28(6)54-37)26(4)20-31(23-48)41(27(5)33(49)21-36(50)57-34)60-44-40(51)39(47(12)13)42(29(7)56-44)59-38-22-45(9,53)43(52)30(8)55-38/h15,17,19,23,25-35,37-44,49,51-53H,14,16,18,20-22H2,1-13H3/b17-15+,24-19+/t25-,26+,27-,28+,29+,30-,31+,32-,33+,34+,35?,37-,38-,39+,40+,41+,42+,43-,44-,45+/m0/s1. The molecule has 0 aromatic rings. The molecule has 1 unspecified atom stereocenters. The molecule has 4 rings (SSSR count). The van der Waals surface area contributed by atoms with E-state index in [1.165, 1.54) is 6.92 Å². The maximum absolute atomic E-state index is 13.3. The molecule has 15 nitrogen and oxygen atoms in total. The summed E-state index contributed by atoms with van der Waals surface area (Å²) in [6, 6.07) is -0.447. The molecule has 0 aromatic heterocycles. The molecule has 4 N–H and O–H groups in total. The van der Waals surface area contributed by atoms with Gasteiger partial charge in [-0.1, -0.05) is 51.5 Å². The molecular formula is C45H78N2O13. The third-order valence-corrected chi connectivity index (χ3v) is 13.2. The Balaban J connectivity index is 1.66. The second-order valence-electron chi connectivity index (χ2n) is 18.8. The van der Waals surface area contributed by atoms with E-state index in [2.05, 4.69) is 17.9 Å². The molecule has 0 spiro atoms. The van der Waals surface area contributed by atoms with Gasteiger partial charge in [0, 0.05) is 30.2 Å². The summed E-state index contributed by atoms with van der Waals surface area (Å²) in [5, 5.41) is 45.1. The minimum Gasteiger partial charge on any atom is -0.462 e. The molecular weight excluding hydrogens is 776 g/mol. The van der Waals surface area contributed by atoms with Gasteiger partial charge in [0.2, 0.25) is 0 Å². The quantitative estimate of drug-likeness (QED) is 0.185. The lowest BCUT2D eigenvalue weighted by molar-refractivity contribution is -0.341. The number of rotatable bonds is 10. The highest BCUT2D eigenvalue weighted by molar-refractivity contribution is 5.70. The Morgan fingerprint density at radius 3 is 2.13 bits per heavy atom. The van der Waals surface area contributed by atoms with Crippen LogP contribution in [0.1, 0.15) is 101 Å². The van der Waals surface area contributed by atoms with Crippen molar-refractivity contribution in [2.24, 2.45) is 23.7 Å². The van der Waals surface area contributed by atoms with Gasteiger partial charge in [0.15, 0.2) is 18.9 Å². The molecule has 60 heavy (non-hydrogen) atoms. The van der Waals surface area contributed by atoms with E-state index in [9.17, 15) is 30.0 Å². The third kappa shape index (κ3) is 12.9. The number of nitrogens with zero attached hydrogens (tertiary/aromatic N) is 2. The van der Waals surface area contributed by atoms with Gasteiger partial charge in [-0.15, -0.1) is 0 Å². The smallest absolute Gasteiger partial charge is 0.308 e. The zero-order valence-electron chi connectivity index (χ0n) is 38.4. The molecule has 0 radical (unpaired) electrons. The van der Waals surface area contributed by atoms with Crippen LogP contribution >= 0.6 is 0 Å². The number of aldehydes is 1. The lowest BCUT2D eigenvalue weighted by atomic mass is 9.81. The highest BCUT2D eigenvalue weighted by atomic mass is 16.7. The van der Waals surface area contributed by atoms with Crippen molar-refractivity contribution in [1.29, 1.82) is 0 Å². The summed E-state index contributed by atoms with van der Waals surface area (Å²) in [5.41, 5.74) is -0.504. The van der Waals surface area contributed by atoms with Gasteiger partial charge in [-0.25, -0.2) is 0 Å². The molecule has 0 aromatic carbocycles. The second-order valence-corrected chi connectivity index (χ2v) is 18.8. The Bertz CT molecular complexity index is 1430. The number of esters is 1. The van der Waals surface area contributed by atoms with E-state index < -0.39 is 103 Å². The fourth-order valence-corrected chi connectivity index (χ4v) is 9.53. The summed E-state index contributed by atoms with van der Waals surface area (Å²) in [4.78, 5) is 30.6. The molecule has 0 saturated carbocycles. The van der Waals surface area contributed by atoms with E-state index >= 15 is 0 Å². The average molecular weight is 855 g/mol. The monoisotopic (exact) mass is 855 g/mol. The van der Waals surface area contributed by atoms with Crippen molar-refractivity contribution in [3.63, 3.8) is 0 Å². The molecule has 4 aliphatic rings. The summed E-state index contributed by atoms with van der Waals surface area (Å²) in [7, 11) is 7.67. The second kappa shape index (κ2) is 22.2. The van der Waals surface area contributed by atoms with Crippen molar-refractivity contribution in [1.82, 2.24) is 9.80 Å². The Kier molecular flexibility index (Phi) is 18.8. The van der Waals surface area contributed by atoms with Crippen molar-refractivity contribution < 1.29 is 63.2 Å². The van der Waals surface area contributed by atoms with Gasteiger partial charge in [0.1, 0.15) is 30.7 Å². The number of cyclic esters (lactones) is 1. The molecule has 20 atom stereocenters. The number of carbonyl (C=O) groups is 2. The first kappa shape index (κ1) is 50.8. The highest BCUT2D eigenvalue weighted by Crippen LogP contribution is 2.37. The largest absolute Gasteiger partial charge is 0.462 e. The summed E-state index contributed by atoms with van der Waals surface area (Å²) in [6.07, 6.45) is -1.47. The number of likely N-dealkylation sites (N-methyl/N-ethyl adjacent to an activating group) is 2. The van der Waals surface area contributed by atoms with Crippen LogP contribution in [-0.4, -0.2) is 168 Å². The fourth-order valence-electron chi connectivity index (χ4n) is 9.53. The Morgan fingerprint density at radius 1 is 0.883 bits per heavy atom. The SMILES string of the molecule is CC[C@H]1OC(=O)C[C@@H](O)[C@H](C)[C@@H](O[C@@H]2O[C@H](C)[C@@H](O[C@H]3C[C@@](C)(O)[C@@H](O)[C@H](C)O3)[C@H](N(C)C)[C@H]2O)[C@@H](C=O)C[C@@H](C)C(O[C@H]2CC[C@H](N(C)C)[C@@H](C)O2)/C=C/C(C)=C/[C@@H]1C. The van der Waals surface area contributed by atoms with Crippen LogP contribution in [0.15, 0.2) is 23.8 Å². The lowest BCUT2D eigenvalue weighted by Gasteiger charge is -2.50. The minimum absolute atomic E-state index is 0.00677. The van der Waals surface area contributed by atoms with Crippen LogP contribution in [0.5, 0.6) is 0 Å². The number of carbonyl (C=O) groups excluding carboxylic acids is 2. The summed E-state index contributed by atoms with van der Waals surface area (Å²) in [5.74, 6) is -2.55. The predicted molar refractivity (Wildman–Crippen MR) is 224 cm³/mol. The molecule has 4 aliphatic heterocycles. The molecule has 3 saturated heterocycles. The van der Waals surface area contributed by atoms with E-state index in [-0.39, 0.29) is 43.2 Å². The van der Waals surface area contributed by atoms with Crippen molar-refractivity contribution >= 4 is 12.3 Å². The predicted octanol–water partition coefficient (Wildman–Crippen LogP) is 3.58. The molecule has 0 aliphatic carbocycles. The van der Waals surface area contributed by atoms with E-state index in [0.29, 0.717) is 12.8 Å². The van der Waals surface area contributed by atoms with Gasteiger partial charge in [0.05, 0.1) is 54.7 Å². The molecule has 3 fully saturated rings. The third-order valence-electron chi connectivity index (χ3n) is 13.2. The van der Waals surface area contributed by atoms with Gasteiger partial charge >= 0.3 is 5.97 Å². The van der Waals surface area contributed by atoms with Crippen LogP contribution in [0, 0.1) is 23.7 Å². The lowest BCUT2D eigenvalue weighted by Crippen LogP contribution is -2.65. The van der Waals surface area contributed by atoms with Gasteiger partial charge in [0.25, 0.3) is 0 Å². The molecule has 346 valence electrons. The first-order valence-corrected chi connectivity index (χ1v) is 22.1. The van der Waals surface area contributed by atoms with E-state index in [4.69, 9.17) is 33.2 Å². The number of aliphatic hydroxyl groups excluding tert-OH is 3. The Morgan fingerprint density at radius 2 is 1.55 bits per heavy atom. The van der Waals surface area contributed by atoms with Crippen molar-refractivity contribution in [2.75, 3.05) is 28.2 Å². The zero-order chi connectivity index (χ0) is 44.8. The van der Waals surface area contributed by atoms with Crippen LogP contribution < -0.4 is 0 Å². The number of hydrogen-bond acceptors (Lipinski definition) is 15. The topological polar surface area (TPSA) is 186 Å². The van der Waals surface area contributed by atoms with Gasteiger partial charge < -0.3 is 68.2 Å². The number of hydrogen-bond donors (Lipinski definition) is 4. The maximum Gasteiger partial charge on any atom is 0.308 e. The molecule has 0 bridgehead atoms. The van der Waals surface area contributed by atoms with Crippen molar-refractivity contribution in [2.45, 2.75) is 198 Å². The van der Waals surface area contributed by atoms with E-state index in [0.717, 1.165) is 18.3 Å². The van der Waals surface area contributed by atoms with E-state index in [1.54, 1.807) is 39.8 Å². The minimum atomic E-state index is -1.46. The molecule has 0 amide bonds. The summed E-state index contributed by atoms with van der Waals surface area (Å²) in [6.45, 7) is 16.7. The summed E-state index contributed by atoms with van der Waals surface area (Å²) < 4.78 is 44.4. The Hall–Kier alpha value is -1.86. The van der Waals surface area contributed by atoms with Crippen LogP contribution in [0.2, 0.25) is 0 Å². The first-order chi connectivity index (χ1) is 28.1. The van der Waals surface area contributed by atoms with Crippen LogP contribution in [-0.2, 0) is 42.7 Å². The zero-order valence-corrected chi connectivity index (χ0v) is 38.4. The van der Waals surface area contributed by atoms with Crippen LogP contribution in [0.4, 0.5) is 0 Å². The fraction of sp³-hybridized carbons (Fsp3) is 0.867. The van der Waals surface area contributed by atoms with Crippen LogP contribution in [0.25, 0.3) is 0 Å². The van der Waals surface area contributed by atoms with Crippen LogP contribution in [0.3, 0.4) is 0 Å². The van der Waals surface area contributed by atoms with Gasteiger partial charge in [-0.3, -0.25) is 4.79 Å². The maximum atomic E-state index is 13.3. The number of aliphatic hydroxyl groups is 4. The average Bonchev–Trinajstić information content (AvgIpc) is 3.16. The van der Waals surface area contributed by atoms with Crippen molar-refractivity contribution in [3.05, 3.63) is 23.8 Å². The summed E-state index contributed by atoms with van der Waals surface area (Å²) >= 11 is 0. The first-order valence-electron chi connectivity index (χ1n) is 22.1.